The lowest BCUT2D eigenvalue weighted by Crippen LogP contribution is -2.53. The van der Waals surface area contributed by atoms with Gasteiger partial charge in [0.15, 0.2) is 6.61 Å². The van der Waals surface area contributed by atoms with Crippen LogP contribution in [0.1, 0.15) is 48.1 Å². The number of ether oxygens (including phenoxy) is 1. The molecule has 0 saturated carbocycles. The minimum absolute atomic E-state index is 0.00236. The molecule has 2 amide bonds. The zero-order chi connectivity index (χ0) is 26.9. The zero-order valence-corrected chi connectivity index (χ0v) is 23.1. The summed E-state index contributed by atoms with van der Waals surface area (Å²) in [6, 6.07) is 20.7. The van der Waals surface area contributed by atoms with Crippen molar-refractivity contribution >= 4 is 23.4 Å². The SMILES string of the molecule is CC[C@@H](C)NC(=O)[C@@H](Cc1ccccc1)N(Cc1ccccc1C)C(=O)COc1cc(C)c(Cl)c(C)c1. The van der Waals surface area contributed by atoms with E-state index in [2.05, 4.69) is 5.32 Å². The molecule has 0 heterocycles. The van der Waals surface area contributed by atoms with Crippen LogP contribution < -0.4 is 10.1 Å². The molecule has 0 aliphatic heterocycles. The fraction of sp³-hybridized carbons (Fsp3) is 0.355. The van der Waals surface area contributed by atoms with Crippen LogP contribution in [0.25, 0.3) is 0 Å². The quantitative estimate of drug-likeness (QED) is 0.327. The Morgan fingerprint density at radius 3 is 2.19 bits per heavy atom. The number of amides is 2. The number of carbonyl (C=O) groups is 2. The third kappa shape index (κ3) is 7.83. The van der Waals surface area contributed by atoms with Crippen LogP contribution in [0.3, 0.4) is 0 Å². The van der Waals surface area contributed by atoms with Gasteiger partial charge in [0.25, 0.3) is 5.91 Å². The molecule has 3 aromatic rings. The van der Waals surface area contributed by atoms with Crippen LogP contribution in [0.5, 0.6) is 5.75 Å². The number of aryl methyl sites for hydroxylation is 3. The second-order valence-corrected chi connectivity index (χ2v) is 10.0. The van der Waals surface area contributed by atoms with Gasteiger partial charge < -0.3 is 15.0 Å². The van der Waals surface area contributed by atoms with Gasteiger partial charge in [-0.2, -0.15) is 0 Å². The summed E-state index contributed by atoms with van der Waals surface area (Å²) in [7, 11) is 0. The van der Waals surface area contributed by atoms with Crippen molar-refractivity contribution in [2.45, 2.75) is 66.1 Å². The highest BCUT2D eigenvalue weighted by Gasteiger charge is 2.31. The first-order valence-electron chi connectivity index (χ1n) is 12.8. The summed E-state index contributed by atoms with van der Waals surface area (Å²) in [6.45, 7) is 9.94. The molecule has 0 unspecified atom stereocenters. The largest absolute Gasteiger partial charge is 0.484 e. The molecule has 0 aliphatic rings. The Kier molecular flexibility index (Phi) is 10.2. The van der Waals surface area contributed by atoms with Crippen molar-refractivity contribution < 1.29 is 14.3 Å². The van der Waals surface area contributed by atoms with Crippen LogP contribution in [0.4, 0.5) is 0 Å². The molecule has 3 rings (SSSR count). The van der Waals surface area contributed by atoms with Gasteiger partial charge in [-0.15, -0.1) is 0 Å². The second kappa shape index (κ2) is 13.3. The van der Waals surface area contributed by atoms with Gasteiger partial charge in [-0.1, -0.05) is 73.1 Å². The van der Waals surface area contributed by atoms with Crippen LogP contribution >= 0.6 is 11.6 Å². The van der Waals surface area contributed by atoms with E-state index in [0.29, 0.717) is 23.7 Å². The number of benzene rings is 3. The lowest BCUT2D eigenvalue weighted by Gasteiger charge is -2.32. The molecule has 0 saturated heterocycles. The molecule has 1 N–H and O–H groups in total. The Balaban J connectivity index is 1.94. The van der Waals surface area contributed by atoms with E-state index in [9.17, 15) is 9.59 Å². The van der Waals surface area contributed by atoms with E-state index < -0.39 is 6.04 Å². The van der Waals surface area contributed by atoms with E-state index >= 15 is 0 Å². The zero-order valence-electron chi connectivity index (χ0n) is 22.4. The molecule has 5 nitrogen and oxygen atoms in total. The monoisotopic (exact) mass is 520 g/mol. The molecular weight excluding hydrogens is 484 g/mol. The Morgan fingerprint density at radius 2 is 1.57 bits per heavy atom. The molecule has 3 aromatic carbocycles. The maximum Gasteiger partial charge on any atom is 0.261 e. The van der Waals surface area contributed by atoms with Crippen molar-refractivity contribution in [3.05, 3.63) is 99.6 Å². The molecule has 0 fully saturated rings. The summed E-state index contributed by atoms with van der Waals surface area (Å²) in [4.78, 5) is 29.0. The van der Waals surface area contributed by atoms with Gasteiger partial charge in [-0.25, -0.2) is 0 Å². The third-order valence-electron chi connectivity index (χ3n) is 6.65. The number of hydrogen-bond donors (Lipinski definition) is 1. The fourth-order valence-corrected chi connectivity index (χ4v) is 4.29. The first kappa shape index (κ1) is 28.3. The lowest BCUT2D eigenvalue weighted by molar-refractivity contribution is -0.143. The second-order valence-electron chi connectivity index (χ2n) is 9.63. The predicted octanol–water partition coefficient (Wildman–Crippen LogP) is 6.20. The van der Waals surface area contributed by atoms with Crippen molar-refractivity contribution in [1.82, 2.24) is 10.2 Å². The average Bonchev–Trinajstić information content (AvgIpc) is 2.89. The topological polar surface area (TPSA) is 58.6 Å². The smallest absolute Gasteiger partial charge is 0.261 e. The van der Waals surface area contributed by atoms with E-state index in [1.54, 1.807) is 4.90 Å². The van der Waals surface area contributed by atoms with Crippen molar-refractivity contribution in [2.24, 2.45) is 0 Å². The Bertz CT molecular complexity index is 1190. The van der Waals surface area contributed by atoms with Gasteiger partial charge in [0.1, 0.15) is 11.8 Å². The van der Waals surface area contributed by atoms with Crippen LogP contribution in [-0.4, -0.2) is 35.4 Å². The van der Waals surface area contributed by atoms with Crippen molar-refractivity contribution in [2.75, 3.05) is 6.61 Å². The lowest BCUT2D eigenvalue weighted by atomic mass is 10.0. The maximum atomic E-state index is 13.8. The minimum Gasteiger partial charge on any atom is -0.484 e. The summed E-state index contributed by atoms with van der Waals surface area (Å²) < 4.78 is 5.93. The van der Waals surface area contributed by atoms with E-state index in [-0.39, 0.29) is 24.5 Å². The summed E-state index contributed by atoms with van der Waals surface area (Å²) in [5.41, 5.74) is 4.81. The molecule has 0 spiro atoms. The van der Waals surface area contributed by atoms with E-state index in [1.165, 1.54) is 0 Å². The molecule has 0 radical (unpaired) electrons. The normalized spacial score (nSPS) is 12.5. The summed E-state index contributed by atoms with van der Waals surface area (Å²) in [6.07, 6.45) is 1.20. The molecule has 0 aliphatic carbocycles. The molecule has 2 atom stereocenters. The standard InChI is InChI=1S/C31H37ClN2O3/c1-6-24(5)33-31(36)28(18-25-13-8-7-9-14-25)34(19-26-15-11-10-12-21(26)2)29(35)20-37-27-16-22(3)30(32)23(4)17-27/h7-17,24,28H,6,18-20H2,1-5H3,(H,33,36)/t24-,28-/m1/s1. The highest BCUT2D eigenvalue weighted by molar-refractivity contribution is 6.32. The van der Waals surface area contributed by atoms with Crippen LogP contribution in [0, 0.1) is 20.8 Å². The van der Waals surface area contributed by atoms with Gasteiger partial charge >= 0.3 is 0 Å². The number of rotatable bonds is 11. The predicted molar refractivity (Wildman–Crippen MR) is 150 cm³/mol. The maximum absolute atomic E-state index is 13.8. The summed E-state index contributed by atoms with van der Waals surface area (Å²) in [5, 5.41) is 3.78. The van der Waals surface area contributed by atoms with Gasteiger partial charge in [0, 0.05) is 24.0 Å². The van der Waals surface area contributed by atoms with Crippen molar-refractivity contribution in [3.8, 4) is 5.75 Å². The molecule has 0 bridgehead atoms. The first-order valence-corrected chi connectivity index (χ1v) is 13.1. The van der Waals surface area contributed by atoms with Crippen LogP contribution in [-0.2, 0) is 22.6 Å². The number of nitrogens with zero attached hydrogens (tertiary/aromatic N) is 1. The minimum atomic E-state index is -0.694. The number of halogens is 1. The third-order valence-corrected chi connectivity index (χ3v) is 7.24. The van der Waals surface area contributed by atoms with Gasteiger partial charge in [0.2, 0.25) is 5.91 Å². The van der Waals surface area contributed by atoms with E-state index in [1.807, 2.05) is 101 Å². The average molecular weight is 521 g/mol. The van der Waals surface area contributed by atoms with E-state index in [0.717, 1.165) is 34.2 Å². The summed E-state index contributed by atoms with van der Waals surface area (Å²) >= 11 is 6.30. The fourth-order valence-electron chi connectivity index (χ4n) is 4.18. The molecule has 6 heteroatoms. The Morgan fingerprint density at radius 1 is 0.946 bits per heavy atom. The summed E-state index contributed by atoms with van der Waals surface area (Å²) in [5.74, 6) is 0.152. The van der Waals surface area contributed by atoms with Gasteiger partial charge in [-0.3, -0.25) is 9.59 Å². The van der Waals surface area contributed by atoms with Crippen LogP contribution in [0.2, 0.25) is 5.02 Å². The molecule has 196 valence electrons. The highest BCUT2D eigenvalue weighted by Crippen LogP contribution is 2.26. The highest BCUT2D eigenvalue weighted by atomic mass is 35.5. The number of carbonyl (C=O) groups excluding carboxylic acids is 2. The molecule has 37 heavy (non-hydrogen) atoms. The number of nitrogens with one attached hydrogen (secondary N) is 1. The van der Waals surface area contributed by atoms with Gasteiger partial charge in [-0.05, 0) is 74.1 Å². The molecule has 0 aromatic heterocycles. The van der Waals surface area contributed by atoms with Crippen LogP contribution in [0.15, 0.2) is 66.7 Å². The Labute approximate surface area is 225 Å². The van der Waals surface area contributed by atoms with E-state index in [4.69, 9.17) is 16.3 Å². The number of hydrogen-bond acceptors (Lipinski definition) is 3. The Hall–Kier alpha value is -3.31. The molecular formula is C31H37ClN2O3. The van der Waals surface area contributed by atoms with Gasteiger partial charge in [0.05, 0.1) is 0 Å². The van der Waals surface area contributed by atoms with Crippen molar-refractivity contribution in [3.63, 3.8) is 0 Å². The first-order chi connectivity index (χ1) is 17.7. The van der Waals surface area contributed by atoms with Crippen molar-refractivity contribution in [1.29, 1.82) is 0 Å².